The molecular weight excluding hydrogens is 356 g/mol. The van der Waals surface area contributed by atoms with Gasteiger partial charge in [0.15, 0.2) is 0 Å². The molecule has 2 nitrogen and oxygen atoms in total. The normalized spacial score (nSPS) is 12.4. The predicted octanol–water partition coefficient (Wildman–Crippen LogP) is 9.25. The first-order valence-electron chi connectivity index (χ1n) is 13.3. The number of ether oxygens (including phenoxy) is 1. The fraction of sp³-hybridized carbons (Fsp3) is 0.963. The minimum atomic E-state index is 0.0326. The van der Waals surface area contributed by atoms with Crippen LogP contribution in [0.25, 0.3) is 0 Å². The van der Waals surface area contributed by atoms with Crippen LogP contribution in [0.4, 0.5) is 0 Å². The smallest absolute Gasteiger partial charge is 0.305 e. The molecule has 0 heterocycles. The van der Waals surface area contributed by atoms with Crippen molar-refractivity contribution in [3.8, 4) is 0 Å². The van der Waals surface area contributed by atoms with Crippen molar-refractivity contribution in [3.63, 3.8) is 0 Å². The van der Waals surface area contributed by atoms with Crippen LogP contribution >= 0.6 is 0 Å². The number of hydrogen-bond acceptors (Lipinski definition) is 2. The van der Waals surface area contributed by atoms with Crippen LogP contribution in [0, 0.1) is 11.8 Å². The molecule has 2 heteroatoms. The SMILES string of the molecule is CCCCCCC(CCCC)COC(=O)CCCCCCCCCCCC(C)C. The largest absolute Gasteiger partial charge is 0.465 e. The number of carbonyl (C=O) groups is 1. The van der Waals surface area contributed by atoms with Gasteiger partial charge in [0.05, 0.1) is 6.61 Å². The molecule has 0 spiro atoms. The number of hydrogen-bond donors (Lipinski definition) is 0. The van der Waals surface area contributed by atoms with Gasteiger partial charge in [0.2, 0.25) is 0 Å². The zero-order chi connectivity index (χ0) is 21.6. The van der Waals surface area contributed by atoms with E-state index < -0.39 is 0 Å². The van der Waals surface area contributed by atoms with Gasteiger partial charge in [-0.1, -0.05) is 124 Å². The molecule has 0 radical (unpaired) electrons. The maximum Gasteiger partial charge on any atom is 0.305 e. The number of carbonyl (C=O) groups excluding carboxylic acids is 1. The Morgan fingerprint density at radius 3 is 1.69 bits per heavy atom. The molecule has 29 heavy (non-hydrogen) atoms. The average Bonchev–Trinajstić information content (AvgIpc) is 2.70. The molecule has 0 bridgehead atoms. The molecule has 0 aliphatic rings. The third-order valence-corrected chi connectivity index (χ3v) is 6.07. The summed E-state index contributed by atoms with van der Waals surface area (Å²) < 4.78 is 5.62. The monoisotopic (exact) mass is 410 g/mol. The lowest BCUT2D eigenvalue weighted by molar-refractivity contribution is -0.145. The van der Waals surface area contributed by atoms with Crippen LogP contribution in [-0.4, -0.2) is 12.6 Å². The minimum Gasteiger partial charge on any atom is -0.465 e. The van der Waals surface area contributed by atoms with E-state index in [0.29, 0.717) is 18.9 Å². The van der Waals surface area contributed by atoms with Crippen molar-refractivity contribution in [1.82, 2.24) is 0 Å². The maximum absolute atomic E-state index is 12.1. The van der Waals surface area contributed by atoms with Gasteiger partial charge in [-0.15, -0.1) is 0 Å². The van der Waals surface area contributed by atoms with Crippen LogP contribution in [0.1, 0.15) is 150 Å². The summed E-state index contributed by atoms with van der Waals surface area (Å²) in [5.41, 5.74) is 0. The summed E-state index contributed by atoms with van der Waals surface area (Å²) in [6, 6.07) is 0. The summed E-state index contributed by atoms with van der Waals surface area (Å²) in [5.74, 6) is 1.47. The Labute approximate surface area is 184 Å². The quantitative estimate of drug-likeness (QED) is 0.131. The van der Waals surface area contributed by atoms with Crippen molar-refractivity contribution in [1.29, 1.82) is 0 Å². The van der Waals surface area contributed by atoms with Crippen molar-refractivity contribution in [2.24, 2.45) is 11.8 Å². The standard InChI is InChI=1S/C27H54O2/c1-5-7-9-18-22-26(21-8-6-2)24-29-27(28)23-19-16-14-12-10-11-13-15-17-20-25(3)4/h25-26H,5-24H2,1-4H3. The molecule has 0 saturated carbocycles. The van der Waals surface area contributed by atoms with Gasteiger partial charge in [-0.3, -0.25) is 4.79 Å². The number of unbranched alkanes of at least 4 members (excludes halogenated alkanes) is 12. The van der Waals surface area contributed by atoms with E-state index in [4.69, 9.17) is 4.74 Å². The van der Waals surface area contributed by atoms with Crippen molar-refractivity contribution in [2.45, 2.75) is 150 Å². The van der Waals surface area contributed by atoms with E-state index in [0.717, 1.165) is 12.3 Å². The second kappa shape index (κ2) is 22.2. The number of esters is 1. The van der Waals surface area contributed by atoms with E-state index >= 15 is 0 Å². The van der Waals surface area contributed by atoms with Crippen LogP contribution in [-0.2, 0) is 9.53 Å². The van der Waals surface area contributed by atoms with Crippen LogP contribution in [0.5, 0.6) is 0 Å². The zero-order valence-electron chi connectivity index (χ0n) is 20.6. The Bertz CT molecular complexity index is 337. The Morgan fingerprint density at radius 1 is 0.621 bits per heavy atom. The molecule has 0 saturated heterocycles. The molecule has 1 atom stereocenters. The van der Waals surface area contributed by atoms with Crippen LogP contribution in [0.15, 0.2) is 0 Å². The average molecular weight is 411 g/mol. The zero-order valence-corrected chi connectivity index (χ0v) is 20.6. The van der Waals surface area contributed by atoms with Crippen molar-refractivity contribution < 1.29 is 9.53 Å². The van der Waals surface area contributed by atoms with Gasteiger partial charge in [-0.25, -0.2) is 0 Å². The second-order valence-electron chi connectivity index (χ2n) is 9.66. The fourth-order valence-corrected chi connectivity index (χ4v) is 4.01. The van der Waals surface area contributed by atoms with Crippen LogP contribution in [0.2, 0.25) is 0 Å². The molecule has 0 N–H and O–H groups in total. The van der Waals surface area contributed by atoms with Gasteiger partial charge in [0.25, 0.3) is 0 Å². The Balaban J connectivity index is 3.57. The molecule has 0 aliphatic heterocycles. The molecule has 0 aromatic rings. The topological polar surface area (TPSA) is 26.3 Å². The van der Waals surface area contributed by atoms with E-state index in [1.165, 1.54) is 109 Å². The van der Waals surface area contributed by atoms with E-state index in [9.17, 15) is 4.79 Å². The van der Waals surface area contributed by atoms with Gasteiger partial charge in [0, 0.05) is 6.42 Å². The van der Waals surface area contributed by atoms with E-state index in [1.54, 1.807) is 0 Å². The first kappa shape index (κ1) is 28.5. The highest BCUT2D eigenvalue weighted by Crippen LogP contribution is 2.18. The minimum absolute atomic E-state index is 0.0326. The van der Waals surface area contributed by atoms with Crippen LogP contribution in [0.3, 0.4) is 0 Å². The van der Waals surface area contributed by atoms with E-state index in [2.05, 4.69) is 27.7 Å². The Hall–Kier alpha value is -0.530. The van der Waals surface area contributed by atoms with Crippen molar-refractivity contribution in [2.75, 3.05) is 6.61 Å². The lowest BCUT2D eigenvalue weighted by atomic mass is 9.96. The lowest BCUT2D eigenvalue weighted by Gasteiger charge is -2.16. The Morgan fingerprint density at radius 2 is 1.10 bits per heavy atom. The van der Waals surface area contributed by atoms with E-state index in [1.807, 2.05) is 0 Å². The molecular formula is C27H54O2. The maximum atomic E-state index is 12.1. The molecule has 0 fully saturated rings. The van der Waals surface area contributed by atoms with Gasteiger partial charge in [0.1, 0.15) is 0 Å². The summed E-state index contributed by atoms with van der Waals surface area (Å²) in [5, 5.41) is 0. The van der Waals surface area contributed by atoms with E-state index in [-0.39, 0.29) is 5.97 Å². The third kappa shape index (κ3) is 22.0. The molecule has 0 aromatic carbocycles. The van der Waals surface area contributed by atoms with Gasteiger partial charge >= 0.3 is 5.97 Å². The summed E-state index contributed by atoms with van der Waals surface area (Å²) in [6.07, 6.45) is 23.9. The molecule has 0 aromatic heterocycles. The Kier molecular flexibility index (Phi) is 21.8. The second-order valence-corrected chi connectivity index (χ2v) is 9.66. The lowest BCUT2D eigenvalue weighted by Crippen LogP contribution is -2.14. The number of rotatable bonds is 22. The first-order chi connectivity index (χ1) is 14.1. The fourth-order valence-electron chi connectivity index (χ4n) is 4.01. The first-order valence-corrected chi connectivity index (χ1v) is 13.3. The van der Waals surface area contributed by atoms with Crippen molar-refractivity contribution in [3.05, 3.63) is 0 Å². The summed E-state index contributed by atoms with van der Waals surface area (Å²) in [4.78, 5) is 12.1. The summed E-state index contributed by atoms with van der Waals surface area (Å²) in [7, 11) is 0. The highest BCUT2D eigenvalue weighted by molar-refractivity contribution is 5.69. The van der Waals surface area contributed by atoms with Crippen LogP contribution < -0.4 is 0 Å². The molecule has 0 rings (SSSR count). The molecule has 0 aliphatic carbocycles. The highest BCUT2D eigenvalue weighted by atomic mass is 16.5. The van der Waals surface area contributed by atoms with Gasteiger partial charge in [-0.2, -0.15) is 0 Å². The molecule has 174 valence electrons. The highest BCUT2D eigenvalue weighted by Gasteiger charge is 2.11. The predicted molar refractivity (Wildman–Crippen MR) is 128 cm³/mol. The summed E-state index contributed by atoms with van der Waals surface area (Å²) in [6.45, 7) is 9.78. The molecule has 1 unspecified atom stereocenters. The molecule has 0 amide bonds. The van der Waals surface area contributed by atoms with Crippen molar-refractivity contribution >= 4 is 5.97 Å². The van der Waals surface area contributed by atoms with Gasteiger partial charge < -0.3 is 4.74 Å². The third-order valence-electron chi connectivity index (χ3n) is 6.07. The summed E-state index contributed by atoms with van der Waals surface area (Å²) >= 11 is 0. The van der Waals surface area contributed by atoms with Gasteiger partial charge in [-0.05, 0) is 31.1 Å².